The van der Waals surface area contributed by atoms with Crippen molar-refractivity contribution in [2.75, 3.05) is 13.2 Å². The Morgan fingerprint density at radius 3 is 2.62 bits per heavy atom. The van der Waals surface area contributed by atoms with E-state index in [1.165, 1.54) is 0 Å². The van der Waals surface area contributed by atoms with E-state index in [4.69, 9.17) is 4.74 Å². The Bertz CT molecular complexity index is 1200. The fourth-order valence-electron chi connectivity index (χ4n) is 4.17. The number of hydrogen-bond donors (Lipinski definition) is 4. The minimum Gasteiger partial charge on any atom is -0.481 e. The van der Waals surface area contributed by atoms with Gasteiger partial charge in [-0.25, -0.2) is 0 Å². The average molecular weight is 435 g/mol. The number of hydrogen-bond acceptors (Lipinski definition) is 9. The van der Waals surface area contributed by atoms with Gasteiger partial charge in [-0.2, -0.15) is 10.2 Å². The molecule has 9 heteroatoms. The van der Waals surface area contributed by atoms with Crippen molar-refractivity contribution < 1.29 is 30.0 Å². The van der Waals surface area contributed by atoms with E-state index in [0.717, 1.165) is 22.4 Å². The maximum absolute atomic E-state index is 12.6. The lowest BCUT2D eigenvalue weighted by Gasteiger charge is -2.35. The molecule has 1 atom stereocenters. The molecule has 0 amide bonds. The third kappa shape index (κ3) is 3.35. The summed E-state index contributed by atoms with van der Waals surface area (Å²) in [7, 11) is 0. The first-order chi connectivity index (χ1) is 15.4. The van der Waals surface area contributed by atoms with Gasteiger partial charge in [0.05, 0.1) is 36.6 Å². The van der Waals surface area contributed by atoms with Crippen LogP contribution in [0.15, 0.2) is 57.8 Å². The van der Waals surface area contributed by atoms with Gasteiger partial charge in [0.1, 0.15) is 11.8 Å². The Labute approximate surface area is 183 Å². The standard InChI is InChI=1S/C23H21N3O6/c27-10-23(11-28)8-19(29)16-5-13(2-4-20(16)32-23)17-7-14(9-24-17)12-1-3-15-18(6-12)25-26-21(15)22(30)31/h1-6,9,21-22,27-28,30-31H,7-8,10-11H2. The number of Topliss-reactive ketones (excluding diaryl/α,β-unsaturated/α-hetero) is 1. The number of aliphatic imine (C=N–C) groups is 1. The van der Waals surface area contributed by atoms with Gasteiger partial charge in [0.2, 0.25) is 0 Å². The Hall–Kier alpha value is -3.24. The van der Waals surface area contributed by atoms with E-state index < -0.39 is 31.1 Å². The molecule has 0 fully saturated rings. The molecule has 3 heterocycles. The van der Waals surface area contributed by atoms with Crippen molar-refractivity contribution in [3.8, 4) is 5.75 Å². The lowest BCUT2D eigenvalue weighted by molar-refractivity contribution is -0.0583. The summed E-state index contributed by atoms with van der Waals surface area (Å²) in [5.41, 5.74) is 3.83. The van der Waals surface area contributed by atoms with Crippen LogP contribution < -0.4 is 4.74 Å². The van der Waals surface area contributed by atoms with Gasteiger partial charge < -0.3 is 25.2 Å². The lowest BCUT2D eigenvalue weighted by Crippen LogP contribution is -2.48. The highest BCUT2D eigenvalue weighted by molar-refractivity contribution is 6.11. The fraction of sp³-hybridized carbons (Fsp3) is 0.304. The van der Waals surface area contributed by atoms with Gasteiger partial charge in [-0.3, -0.25) is 9.79 Å². The molecule has 2 aromatic carbocycles. The molecule has 164 valence electrons. The molecule has 5 rings (SSSR count). The summed E-state index contributed by atoms with van der Waals surface area (Å²) in [5, 5.41) is 45.9. The van der Waals surface area contributed by atoms with Crippen molar-refractivity contribution in [1.82, 2.24) is 0 Å². The summed E-state index contributed by atoms with van der Waals surface area (Å²) in [6.45, 7) is -0.899. The van der Waals surface area contributed by atoms with E-state index >= 15 is 0 Å². The number of rotatable bonds is 5. The molecular weight excluding hydrogens is 414 g/mol. The molecule has 4 N–H and O–H groups in total. The first kappa shape index (κ1) is 20.7. The first-order valence-electron chi connectivity index (χ1n) is 10.2. The van der Waals surface area contributed by atoms with Crippen molar-refractivity contribution in [2.45, 2.75) is 30.8 Å². The molecule has 0 radical (unpaired) electrons. The molecular formula is C23H21N3O6. The number of ketones is 1. The number of carbonyl (C=O) groups is 1. The largest absolute Gasteiger partial charge is 0.481 e. The summed E-state index contributed by atoms with van der Waals surface area (Å²) in [4.78, 5) is 17.2. The third-order valence-corrected chi connectivity index (χ3v) is 6.02. The topological polar surface area (TPSA) is 144 Å². The molecule has 0 aliphatic carbocycles. The highest BCUT2D eigenvalue weighted by Crippen LogP contribution is 2.40. The van der Waals surface area contributed by atoms with Gasteiger partial charge in [0.25, 0.3) is 0 Å². The van der Waals surface area contributed by atoms with Crippen LogP contribution in [0.2, 0.25) is 0 Å². The minimum atomic E-state index is -1.60. The van der Waals surface area contributed by atoms with Crippen LogP contribution in [-0.2, 0) is 0 Å². The van der Waals surface area contributed by atoms with E-state index in [1.54, 1.807) is 30.5 Å². The summed E-state index contributed by atoms with van der Waals surface area (Å²) < 4.78 is 5.74. The van der Waals surface area contributed by atoms with Gasteiger partial charge in [0.15, 0.2) is 17.7 Å². The van der Waals surface area contributed by atoms with E-state index in [0.29, 0.717) is 29.0 Å². The maximum Gasteiger partial charge on any atom is 0.180 e. The van der Waals surface area contributed by atoms with Gasteiger partial charge in [-0.15, -0.1) is 0 Å². The first-order valence-corrected chi connectivity index (χ1v) is 10.2. The molecule has 1 unspecified atom stereocenters. The second-order valence-electron chi connectivity index (χ2n) is 8.17. The molecule has 9 nitrogen and oxygen atoms in total. The van der Waals surface area contributed by atoms with Crippen LogP contribution in [0.5, 0.6) is 5.75 Å². The van der Waals surface area contributed by atoms with Gasteiger partial charge in [-0.1, -0.05) is 12.1 Å². The molecule has 2 aromatic rings. The minimum absolute atomic E-state index is 0.0976. The van der Waals surface area contributed by atoms with Gasteiger partial charge in [0, 0.05) is 18.2 Å². The summed E-state index contributed by atoms with van der Waals surface area (Å²) in [6.07, 6.45) is 0.622. The number of aliphatic hydroxyl groups excluding tert-OH is 3. The van der Waals surface area contributed by atoms with E-state index in [9.17, 15) is 25.2 Å². The predicted molar refractivity (Wildman–Crippen MR) is 114 cm³/mol. The molecule has 3 aliphatic rings. The van der Waals surface area contributed by atoms with E-state index in [-0.39, 0.29) is 12.2 Å². The second-order valence-corrected chi connectivity index (χ2v) is 8.17. The SMILES string of the molecule is O=C1CC(CO)(CO)Oc2ccc(C3=NC=C(c4ccc5c(c4)N=NC5C(O)O)C3)cc21. The smallest absolute Gasteiger partial charge is 0.180 e. The van der Waals surface area contributed by atoms with Crippen LogP contribution in [0.4, 0.5) is 5.69 Å². The van der Waals surface area contributed by atoms with E-state index in [1.807, 2.05) is 12.1 Å². The predicted octanol–water partition coefficient (Wildman–Crippen LogP) is 2.06. The van der Waals surface area contributed by atoms with Crippen LogP contribution in [0, 0.1) is 0 Å². The molecule has 0 bridgehead atoms. The quantitative estimate of drug-likeness (QED) is 0.529. The molecule has 0 saturated heterocycles. The highest BCUT2D eigenvalue weighted by Gasteiger charge is 2.40. The van der Waals surface area contributed by atoms with Crippen LogP contribution in [0.1, 0.15) is 45.9 Å². The monoisotopic (exact) mass is 435 g/mol. The zero-order valence-electron chi connectivity index (χ0n) is 17.0. The number of aliphatic hydroxyl groups is 4. The van der Waals surface area contributed by atoms with Gasteiger partial charge in [-0.05, 0) is 41.0 Å². The molecule has 3 aliphatic heterocycles. The number of fused-ring (bicyclic) bond motifs is 2. The normalized spacial score (nSPS) is 20.7. The van der Waals surface area contributed by atoms with Crippen molar-refractivity contribution >= 4 is 22.8 Å². The van der Waals surface area contributed by atoms with Gasteiger partial charge >= 0.3 is 0 Å². The van der Waals surface area contributed by atoms with E-state index in [2.05, 4.69) is 15.2 Å². The second kappa shape index (κ2) is 7.72. The summed E-state index contributed by atoms with van der Waals surface area (Å²) >= 11 is 0. The van der Waals surface area contributed by atoms with Crippen molar-refractivity contribution in [3.05, 3.63) is 64.9 Å². The highest BCUT2D eigenvalue weighted by atomic mass is 16.5. The summed E-state index contributed by atoms with van der Waals surface area (Å²) in [6, 6.07) is 9.94. The summed E-state index contributed by atoms with van der Waals surface area (Å²) in [5.74, 6) is 0.136. The lowest BCUT2D eigenvalue weighted by atomic mass is 9.89. The zero-order chi connectivity index (χ0) is 22.5. The number of azo groups is 1. The third-order valence-electron chi connectivity index (χ3n) is 6.02. The van der Waals surface area contributed by atoms with Crippen LogP contribution >= 0.6 is 0 Å². The van der Waals surface area contributed by atoms with Crippen LogP contribution in [0.25, 0.3) is 5.57 Å². The Balaban J connectivity index is 1.35. The fourth-order valence-corrected chi connectivity index (χ4v) is 4.17. The van der Waals surface area contributed by atoms with Crippen molar-refractivity contribution in [1.29, 1.82) is 0 Å². The molecule has 0 saturated carbocycles. The number of allylic oxidation sites excluding steroid dienone is 1. The molecule has 0 aromatic heterocycles. The van der Waals surface area contributed by atoms with Crippen molar-refractivity contribution in [3.63, 3.8) is 0 Å². The molecule has 32 heavy (non-hydrogen) atoms. The Morgan fingerprint density at radius 1 is 1.09 bits per heavy atom. The number of nitrogens with zero attached hydrogens (tertiary/aromatic N) is 3. The average Bonchev–Trinajstić information content (AvgIpc) is 3.46. The zero-order valence-corrected chi connectivity index (χ0v) is 17.0. The Morgan fingerprint density at radius 2 is 1.88 bits per heavy atom. The number of benzene rings is 2. The number of ether oxygens (including phenoxy) is 1. The maximum atomic E-state index is 12.6. The van der Waals surface area contributed by atoms with Crippen LogP contribution in [-0.4, -0.2) is 57.0 Å². The van der Waals surface area contributed by atoms with Crippen LogP contribution in [0.3, 0.4) is 0 Å². The molecule has 0 spiro atoms. The number of carbonyl (C=O) groups excluding carboxylic acids is 1. The Kier molecular flexibility index (Phi) is 4.98. The van der Waals surface area contributed by atoms with Crippen molar-refractivity contribution in [2.24, 2.45) is 15.2 Å².